The molecule has 4 aromatic carbocycles. The van der Waals surface area contributed by atoms with E-state index in [2.05, 4.69) is 37.7 Å². The van der Waals surface area contributed by atoms with Gasteiger partial charge in [0.2, 0.25) is 0 Å². The largest absolute Gasteiger partial charge is 0.492 e. The topological polar surface area (TPSA) is 251 Å². The number of aromatic nitrogens is 8. The van der Waals surface area contributed by atoms with E-state index in [0.717, 1.165) is 73.6 Å². The lowest BCUT2D eigenvalue weighted by atomic mass is 9.91. The Labute approximate surface area is 433 Å². The first-order valence-electron chi connectivity index (χ1n) is 26.2. The molecular weight excluding hydrogens is 973 g/mol. The van der Waals surface area contributed by atoms with E-state index < -0.39 is 34.3 Å². The second-order valence-electron chi connectivity index (χ2n) is 19.6. The lowest BCUT2D eigenvalue weighted by molar-refractivity contribution is -0.385. The van der Waals surface area contributed by atoms with Crippen LogP contribution in [0, 0.1) is 20.2 Å². The minimum Gasteiger partial charge on any atom is -0.492 e. The summed E-state index contributed by atoms with van der Waals surface area (Å²) in [5.41, 5.74) is 5.79. The van der Waals surface area contributed by atoms with Crippen LogP contribution in [0.5, 0.6) is 23.0 Å². The highest BCUT2D eigenvalue weighted by molar-refractivity contribution is 6.15. The zero-order chi connectivity index (χ0) is 51.9. The van der Waals surface area contributed by atoms with Gasteiger partial charge in [-0.25, -0.2) is 29.9 Å². The van der Waals surface area contributed by atoms with Crippen LogP contribution in [0.4, 0.5) is 11.4 Å². The molecule has 20 heteroatoms. The lowest BCUT2D eigenvalue weighted by Gasteiger charge is -2.20. The van der Waals surface area contributed by atoms with Gasteiger partial charge in [-0.2, -0.15) is 0 Å². The van der Waals surface area contributed by atoms with E-state index in [1.165, 1.54) is 24.3 Å². The van der Waals surface area contributed by atoms with E-state index in [1.54, 1.807) is 12.1 Å². The smallest absolute Gasteiger partial charge is 0.270 e. The standard InChI is InChI=1S/C56H52N10O10/c1-5-9-21-71-45-37-33-17-18-34(75-33)38(37)46(72-22-10-6-2)42-41(45)53-59-49-29-15-13-27(65(67)68)25-31(29)51(57-49)61-55-43-44(48(74-24-12-8-4)40-36-20-19-35(76-36)39(40)47(43)73-23-11-7-3)56(64-55)62-52-32-26-28(66(69)70)14-16-30(32)50(58-52)60-54(42)63-53/h13-20,25-26,33-36H,5-12,21-24H2,1-4H3,(H2,57,58,59,60,61,62,63,64)/t33-,34+,35+,36-. The van der Waals surface area contributed by atoms with E-state index >= 15 is 0 Å². The van der Waals surface area contributed by atoms with Crippen LogP contribution in [0.3, 0.4) is 0 Å². The second-order valence-corrected chi connectivity index (χ2v) is 19.6. The van der Waals surface area contributed by atoms with Crippen molar-refractivity contribution in [1.29, 1.82) is 0 Å². The van der Waals surface area contributed by atoms with Gasteiger partial charge in [-0.3, -0.25) is 20.2 Å². The lowest BCUT2D eigenvalue weighted by Crippen LogP contribution is -2.07. The van der Waals surface area contributed by atoms with E-state index in [9.17, 15) is 20.2 Å². The average molecular weight is 1030 g/mol. The van der Waals surface area contributed by atoms with Crippen molar-refractivity contribution < 1.29 is 38.3 Å². The highest BCUT2D eigenvalue weighted by atomic mass is 16.6. The van der Waals surface area contributed by atoms with Gasteiger partial charge in [0.1, 0.15) is 70.0 Å². The van der Waals surface area contributed by atoms with Crippen LogP contribution in [0.15, 0.2) is 60.7 Å². The molecule has 0 amide bonds. The van der Waals surface area contributed by atoms with Gasteiger partial charge in [0.25, 0.3) is 11.4 Å². The Hall–Kier alpha value is -8.36. The maximum Gasteiger partial charge on any atom is 0.270 e. The number of fused-ring (bicyclic) bond motifs is 30. The van der Waals surface area contributed by atoms with Crippen molar-refractivity contribution in [3.63, 3.8) is 0 Å². The van der Waals surface area contributed by atoms with Crippen molar-refractivity contribution in [1.82, 2.24) is 39.9 Å². The van der Waals surface area contributed by atoms with E-state index in [0.29, 0.717) is 105 Å². The number of aromatic amines is 2. The molecule has 4 atom stereocenters. The summed E-state index contributed by atoms with van der Waals surface area (Å²) in [6.45, 7) is 9.89. The molecule has 0 fully saturated rings. The molecule has 13 rings (SSSR count). The number of nitro groups is 2. The van der Waals surface area contributed by atoms with Gasteiger partial charge in [-0.1, -0.05) is 77.7 Å². The predicted molar refractivity (Wildman–Crippen MR) is 282 cm³/mol. The molecule has 6 aliphatic rings. The van der Waals surface area contributed by atoms with Gasteiger partial charge in [0, 0.05) is 68.8 Å². The van der Waals surface area contributed by atoms with E-state index in [1.807, 2.05) is 24.3 Å². The Morgan fingerprint density at radius 1 is 0.447 bits per heavy atom. The summed E-state index contributed by atoms with van der Waals surface area (Å²) in [6.07, 6.45) is 12.9. The van der Waals surface area contributed by atoms with Crippen LogP contribution in [-0.4, -0.2) is 76.1 Å². The molecule has 2 N–H and O–H groups in total. The van der Waals surface area contributed by atoms with Crippen LogP contribution in [0.2, 0.25) is 0 Å². The Morgan fingerprint density at radius 2 is 0.737 bits per heavy atom. The molecule has 386 valence electrons. The first kappa shape index (κ1) is 47.4. The number of benzene rings is 4. The minimum atomic E-state index is -0.457. The summed E-state index contributed by atoms with van der Waals surface area (Å²) in [4.78, 5) is 62.6. The molecule has 20 nitrogen and oxygen atoms in total. The minimum absolute atomic E-state index is 0.126. The number of nitro benzene ring substituents is 2. The molecule has 0 saturated heterocycles. The Balaban J connectivity index is 1.22. The van der Waals surface area contributed by atoms with Crippen molar-refractivity contribution >= 4 is 55.5 Å². The number of hydrogen-bond donors (Lipinski definition) is 2. The zero-order valence-electron chi connectivity index (χ0n) is 42.2. The first-order valence-corrected chi connectivity index (χ1v) is 26.2. The third kappa shape index (κ3) is 7.47. The van der Waals surface area contributed by atoms with E-state index in [4.69, 9.17) is 58.3 Å². The fraction of sp³-hybridized carbons (Fsp3) is 0.357. The van der Waals surface area contributed by atoms with Crippen molar-refractivity contribution in [2.75, 3.05) is 26.4 Å². The summed E-state index contributed by atoms with van der Waals surface area (Å²) in [7, 11) is 0. The summed E-state index contributed by atoms with van der Waals surface area (Å²) < 4.78 is 40.4. The second kappa shape index (κ2) is 18.8. The number of rotatable bonds is 18. The molecule has 12 bridgehead atoms. The number of non-ortho nitro benzene ring substituents is 2. The molecule has 0 saturated carbocycles. The molecule has 7 aromatic rings. The van der Waals surface area contributed by atoms with Crippen LogP contribution < -0.4 is 18.9 Å². The highest BCUT2D eigenvalue weighted by Crippen LogP contribution is 2.60. The Bertz CT molecular complexity index is 3630. The SMILES string of the molecule is CCCCOc1c2c(c(OCCCC)c3c4nc5nc(nc6[nH]c(nc7nc(nc([nH]4)c13)-c1ccc([N+](=O)[O-])cc1-7)c1c(OCCCC)c3c(c(OCCCC)c61)[C@@H]1C=C[C@H]3O1)-c1cc([N+](=O)[O-])ccc1-5)[C@H]1C=C[C@@H]2O1. The van der Waals surface area contributed by atoms with Gasteiger partial charge in [0.05, 0.1) is 57.8 Å². The normalized spacial score (nSPS) is 17.8. The predicted octanol–water partition coefficient (Wildman–Crippen LogP) is 12.8. The van der Waals surface area contributed by atoms with Crippen LogP contribution >= 0.6 is 0 Å². The molecule has 0 aliphatic carbocycles. The van der Waals surface area contributed by atoms with Gasteiger partial charge in [-0.15, -0.1) is 0 Å². The third-order valence-electron chi connectivity index (χ3n) is 14.7. The van der Waals surface area contributed by atoms with Crippen molar-refractivity contribution in [2.45, 2.75) is 103 Å². The van der Waals surface area contributed by atoms with Gasteiger partial charge < -0.3 is 38.4 Å². The number of unbranched alkanes of at least 4 members (excludes halogenated alkanes) is 4. The maximum absolute atomic E-state index is 12.5. The highest BCUT2D eigenvalue weighted by Gasteiger charge is 2.44. The molecule has 76 heavy (non-hydrogen) atoms. The molecule has 6 aliphatic heterocycles. The number of nitrogens with one attached hydrogen (secondary N) is 2. The van der Waals surface area contributed by atoms with Crippen LogP contribution in [0.25, 0.3) is 89.7 Å². The third-order valence-corrected chi connectivity index (χ3v) is 14.7. The van der Waals surface area contributed by atoms with Crippen molar-refractivity contribution in [3.05, 3.63) is 103 Å². The molecule has 0 unspecified atom stereocenters. The molecular formula is C56H52N10O10. The number of nitrogens with zero attached hydrogens (tertiary/aromatic N) is 8. The van der Waals surface area contributed by atoms with Gasteiger partial charge in [-0.05, 0) is 37.8 Å². The van der Waals surface area contributed by atoms with Gasteiger partial charge in [0.15, 0.2) is 23.3 Å². The van der Waals surface area contributed by atoms with Gasteiger partial charge >= 0.3 is 0 Å². The molecule has 9 heterocycles. The molecule has 0 radical (unpaired) electrons. The first-order chi connectivity index (χ1) is 37.2. The molecule has 3 aromatic heterocycles. The summed E-state index contributed by atoms with van der Waals surface area (Å²) >= 11 is 0. The Morgan fingerprint density at radius 3 is 1.01 bits per heavy atom. The fourth-order valence-electron chi connectivity index (χ4n) is 11.0. The number of hydrogen-bond acceptors (Lipinski definition) is 16. The van der Waals surface area contributed by atoms with Crippen molar-refractivity contribution in [2.24, 2.45) is 0 Å². The van der Waals surface area contributed by atoms with E-state index in [-0.39, 0.29) is 46.0 Å². The average Bonchev–Trinajstić information content (AvgIpc) is 4.51. The summed E-state index contributed by atoms with van der Waals surface area (Å²) in [5.74, 6) is 2.81. The van der Waals surface area contributed by atoms with Crippen LogP contribution in [0.1, 0.15) is 126 Å². The summed E-state index contributed by atoms with van der Waals surface area (Å²) in [6, 6.07) is 9.02. The zero-order valence-corrected chi connectivity index (χ0v) is 42.2. The monoisotopic (exact) mass is 1020 g/mol. The van der Waals surface area contributed by atoms with Crippen molar-refractivity contribution in [3.8, 4) is 68.5 Å². The Kier molecular flexibility index (Phi) is 11.7. The summed E-state index contributed by atoms with van der Waals surface area (Å²) in [5, 5.41) is 27.2. The quantitative estimate of drug-likeness (QED) is 0.0351. The number of ether oxygens (including phenoxy) is 6. The van der Waals surface area contributed by atoms with Crippen LogP contribution in [-0.2, 0) is 9.47 Å². The fourth-order valence-corrected chi connectivity index (χ4v) is 11.0. The molecule has 0 spiro atoms. The number of H-pyrrole nitrogens is 2. The maximum atomic E-state index is 12.5.